The van der Waals surface area contributed by atoms with Crippen molar-refractivity contribution < 1.29 is 14.3 Å². The molecule has 9 heteroatoms. The van der Waals surface area contributed by atoms with Gasteiger partial charge in [0.1, 0.15) is 0 Å². The molecular weight excluding hydrogens is 448 g/mol. The summed E-state index contributed by atoms with van der Waals surface area (Å²) >= 11 is 0. The molecule has 0 atom stereocenters. The van der Waals surface area contributed by atoms with Crippen LogP contribution in [-0.2, 0) is 22.5 Å². The summed E-state index contributed by atoms with van der Waals surface area (Å²) in [5.74, 6) is -0.550. The van der Waals surface area contributed by atoms with Gasteiger partial charge in [-0.2, -0.15) is 0 Å². The average Bonchev–Trinajstić information content (AvgIpc) is 3.27. The van der Waals surface area contributed by atoms with E-state index in [4.69, 9.17) is 0 Å². The van der Waals surface area contributed by atoms with Crippen LogP contribution in [0.2, 0.25) is 0 Å². The van der Waals surface area contributed by atoms with Gasteiger partial charge in [0.2, 0.25) is 5.91 Å². The van der Waals surface area contributed by atoms with Gasteiger partial charge in [0, 0.05) is 36.6 Å². The van der Waals surface area contributed by atoms with E-state index in [0.29, 0.717) is 43.1 Å². The van der Waals surface area contributed by atoms with Crippen LogP contribution in [0.4, 0.5) is 0 Å². The van der Waals surface area contributed by atoms with Crippen molar-refractivity contribution in [3.63, 3.8) is 0 Å². The lowest BCUT2D eigenvalue weighted by molar-refractivity contribution is -0.121. The first-order valence-electron chi connectivity index (χ1n) is 11.6. The molecule has 0 saturated heterocycles. The first-order chi connectivity index (χ1) is 17.0. The summed E-state index contributed by atoms with van der Waals surface area (Å²) in [5, 5.41) is 4.45. The topological polar surface area (TPSA) is 126 Å². The molecule has 0 aliphatic rings. The number of hydrogen-bond donors (Lipinski definition) is 3. The smallest absolute Gasteiger partial charge is 0.337 e. The van der Waals surface area contributed by atoms with Gasteiger partial charge in [0.05, 0.1) is 23.6 Å². The molecule has 0 aliphatic heterocycles. The standard InChI is InChI=1S/C26H28N4O5/c1-35-25(33)17-10-11-20-22(15-17)29-26(34)30(24(20)32)14-6-2-3-9-23(31)27-13-12-18-16-28-21-8-5-4-7-19(18)21/h4-5,7-8,10-11,15-16,28H,2-3,6,9,12-14H2,1H3,(H,27,31)(H,29,34). The maximum Gasteiger partial charge on any atom is 0.337 e. The Bertz CT molecular complexity index is 1480. The van der Waals surface area contributed by atoms with Crippen LogP contribution in [0.1, 0.15) is 41.6 Å². The molecule has 0 radical (unpaired) electrons. The number of unbranched alkanes of at least 4 members (excludes halogenated alkanes) is 2. The first-order valence-corrected chi connectivity index (χ1v) is 11.6. The van der Waals surface area contributed by atoms with Gasteiger partial charge in [-0.05, 0) is 49.1 Å². The van der Waals surface area contributed by atoms with E-state index in [0.717, 1.165) is 16.5 Å². The van der Waals surface area contributed by atoms with Crippen LogP contribution >= 0.6 is 0 Å². The highest BCUT2D eigenvalue weighted by atomic mass is 16.5. The second kappa shape index (κ2) is 10.9. The number of ether oxygens (including phenoxy) is 1. The quantitative estimate of drug-likeness (QED) is 0.240. The van der Waals surface area contributed by atoms with Gasteiger partial charge in [-0.3, -0.25) is 14.2 Å². The Kier molecular flexibility index (Phi) is 7.45. The van der Waals surface area contributed by atoms with Crippen molar-refractivity contribution >= 4 is 33.7 Å². The zero-order valence-electron chi connectivity index (χ0n) is 19.6. The Morgan fingerprint density at radius 1 is 1.00 bits per heavy atom. The molecule has 2 aromatic heterocycles. The number of para-hydroxylation sites is 1. The van der Waals surface area contributed by atoms with E-state index < -0.39 is 17.2 Å². The van der Waals surface area contributed by atoms with E-state index in [1.165, 1.54) is 36.3 Å². The summed E-state index contributed by atoms with van der Waals surface area (Å²) in [7, 11) is 1.27. The third-order valence-electron chi connectivity index (χ3n) is 6.08. The van der Waals surface area contributed by atoms with Crippen molar-refractivity contribution in [2.75, 3.05) is 13.7 Å². The number of aromatic amines is 2. The number of nitrogens with one attached hydrogen (secondary N) is 3. The van der Waals surface area contributed by atoms with Crippen molar-refractivity contribution in [3.8, 4) is 0 Å². The molecule has 4 aromatic rings. The number of H-pyrrole nitrogens is 2. The third kappa shape index (κ3) is 5.51. The predicted octanol–water partition coefficient (Wildman–Crippen LogP) is 2.88. The number of aromatic nitrogens is 3. The summed E-state index contributed by atoms with van der Waals surface area (Å²) < 4.78 is 5.83. The molecule has 0 bridgehead atoms. The molecule has 2 aromatic carbocycles. The lowest BCUT2D eigenvalue weighted by atomic mass is 10.1. The molecule has 0 spiro atoms. The summed E-state index contributed by atoms with van der Waals surface area (Å²) in [6.07, 6.45) is 5.10. The van der Waals surface area contributed by atoms with Crippen LogP contribution < -0.4 is 16.6 Å². The highest BCUT2D eigenvalue weighted by molar-refractivity contribution is 5.93. The fraction of sp³-hybridized carbons (Fsp3) is 0.308. The maximum atomic E-state index is 12.7. The predicted molar refractivity (Wildman–Crippen MR) is 134 cm³/mol. The fourth-order valence-electron chi connectivity index (χ4n) is 4.20. The molecule has 0 saturated carbocycles. The monoisotopic (exact) mass is 476 g/mol. The van der Waals surface area contributed by atoms with Crippen molar-refractivity contribution in [2.24, 2.45) is 0 Å². The van der Waals surface area contributed by atoms with Gasteiger partial charge in [-0.25, -0.2) is 9.59 Å². The number of esters is 1. The average molecular weight is 477 g/mol. The van der Waals surface area contributed by atoms with Gasteiger partial charge in [0.15, 0.2) is 0 Å². The lowest BCUT2D eigenvalue weighted by Gasteiger charge is -2.08. The Hall–Kier alpha value is -4.14. The molecule has 3 N–H and O–H groups in total. The minimum Gasteiger partial charge on any atom is -0.465 e. The van der Waals surface area contributed by atoms with Crippen LogP contribution in [-0.4, -0.2) is 40.1 Å². The number of methoxy groups -OCH3 is 1. The number of carbonyl (C=O) groups is 2. The normalized spacial score (nSPS) is 11.1. The van der Waals surface area contributed by atoms with Crippen LogP contribution in [0.3, 0.4) is 0 Å². The Morgan fingerprint density at radius 2 is 1.83 bits per heavy atom. The van der Waals surface area contributed by atoms with E-state index in [2.05, 4.69) is 26.1 Å². The number of amides is 1. The van der Waals surface area contributed by atoms with Crippen LogP contribution in [0.15, 0.2) is 58.3 Å². The van der Waals surface area contributed by atoms with Gasteiger partial charge < -0.3 is 20.0 Å². The van der Waals surface area contributed by atoms with E-state index in [-0.39, 0.29) is 18.0 Å². The molecule has 9 nitrogen and oxygen atoms in total. The van der Waals surface area contributed by atoms with Crippen molar-refractivity contribution in [1.82, 2.24) is 19.9 Å². The second-order valence-electron chi connectivity index (χ2n) is 8.41. The third-order valence-corrected chi connectivity index (χ3v) is 6.08. The zero-order chi connectivity index (χ0) is 24.8. The lowest BCUT2D eigenvalue weighted by Crippen LogP contribution is -2.35. The highest BCUT2D eigenvalue weighted by Gasteiger charge is 2.12. The highest BCUT2D eigenvalue weighted by Crippen LogP contribution is 2.17. The Morgan fingerprint density at radius 3 is 2.66 bits per heavy atom. The molecule has 1 amide bonds. The van der Waals surface area contributed by atoms with E-state index in [9.17, 15) is 19.2 Å². The largest absolute Gasteiger partial charge is 0.465 e. The maximum absolute atomic E-state index is 12.7. The minimum absolute atomic E-state index is 0.00743. The minimum atomic E-state index is -0.543. The molecule has 0 fully saturated rings. The van der Waals surface area contributed by atoms with Crippen molar-refractivity contribution in [2.45, 2.75) is 38.6 Å². The fourth-order valence-corrected chi connectivity index (χ4v) is 4.20. The molecule has 182 valence electrons. The van der Waals surface area contributed by atoms with E-state index in [1.807, 2.05) is 24.4 Å². The molecular formula is C26H28N4O5. The summed E-state index contributed by atoms with van der Waals surface area (Å²) in [6, 6.07) is 12.5. The van der Waals surface area contributed by atoms with Gasteiger partial charge in [0.25, 0.3) is 5.56 Å². The number of hydrogen-bond acceptors (Lipinski definition) is 5. The molecule has 4 rings (SSSR count). The van der Waals surface area contributed by atoms with Crippen molar-refractivity contribution in [1.29, 1.82) is 0 Å². The molecule has 0 aliphatic carbocycles. The number of benzene rings is 2. The number of rotatable bonds is 10. The second-order valence-corrected chi connectivity index (χ2v) is 8.41. The number of fused-ring (bicyclic) bond motifs is 2. The molecule has 0 unspecified atom stereocenters. The van der Waals surface area contributed by atoms with E-state index in [1.54, 1.807) is 0 Å². The van der Waals surface area contributed by atoms with Gasteiger partial charge in [-0.1, -0.05) is 24.6 Å². The van der Waals surface area contributed by atoms with Crippen LogP contribution in [0, 0.1) is 0 Å². The van der Waals surface area contributed by atoms with Gasteiger partial charge in [-0.15, -0.1) is 0 Å². The number of carbonyl (C=O) groups excluding carboxylic acids is 2. The Labute approximate surface area is 201 Å². The van der Waals surface area contributed by atoms with Crippen molar-refractivity contribution in [3.05, 3.63) is 80.6 Å². The summed E-state index contributed by atoms with van der Waals surface area (Å²) in [5.41, 5.74) is 1.88. The van der Waals surface area contributed by atoms with Crippen LogP contribution in [0.5, 0.6) is 0 Å². The first kappa shape index (κ1) is 24.0. The van der Waals surface area contributed by atoms with E-state index >= 15 is 0 Å². The Balaban J connectivity index is 1.23. The number of nitrogens with zero attached hydrogens (tertiary/aromatic N) is 1. The zero-order valence-corrected chi connectivity index (χ0v) is 19.6. The van der Waals surface area contributed by atoms with Crippen LogP contribution in [0.25, 0.3) is 21.8 Å². The SMILES string of the molecule is COC(=O)c1ccc2c(=O)n(CCCCCC(=O)NCCc3c[nH]c4ccccc34)c(=O)[nH]c2c1. The molecule has 2 heterocycles. The summed E-state index contributed by atoms with van der Waals surface area (Å²) in [6.45, 7) is 0.825. The molecule has 35 heavy (non-hydrogen) atoms. The van der Waals surface area contributed by atoms with Gasteiger partial charge >= 0.3 is 11.7 Å². The summed E-state index contributed by atoms with van der Waals surface area (Å²) in [4.78, 5) is 54.9.